The van der Waals surface area contributed by atoms with E-state index in [2.05, 4.69) is 39.7 Å². The SMILES string of the molecule is CCc1ccc(Nc2nc(C)cc(Nc3cccc(C(=O)O)c3)n2)cc1. The number of hydrogen-bond donors (Lipinski definition) is 3. The van der Waals surface area contributed by atoms with Crippen molar-refractivity contribution in [2.45, 2.75) is 20.3 Å². The number of aromatic nitrogens is 2. The van der Waals surface area contributed by atoms with Gasteiger partial charge in [0.2, 0.25) is 5.95 Å². The number of aromatic carboxylic acids is 1. The highest BCUT2D eigenvalue weighted by molar-refractivity contribution is 5.89. The summed E-state index contributed by atoms with van der Waals surface area (Å²) in [6.45, 7) is 4.00. The lowest BCUT2D eigenvalue weighted by molar-refractivity contribution is 0.0697. The van der Waals surface area contributed by atoms with Crippen LogP contribution < -0.4 is 10.6 Å². The predicted octanol–water partition coefficient (Wildman–Crippen LogP) is 4.53. The smallest absolute Gasteiger partial charge is 0.335 e. The summed E-state index contributed by atoms with van der Waals surface area (Å²) < 4.78 is 0. The van der Waals surface area contributed by atoms with Gasteiger partial charge in [0.25, 0.3) is 0 Å². The van der Waals surface area contributed by atoms with Crippen molar-refractivity contribution < 1.29 is 9.90 Å². The van der Waals surface area contributed by atoms with Crippen LogP contribution >= 0.6 is 0 Å². The molecule has 0 aliphatic heterocycles. The molecule has 0 fully saturated rings. The van der Waals surface area contributed by atoms with Crippen LogP contribution in [0.2, 0.25) is 0 Å². The Morgan fingerprint density at radius 1 is 1.00 bits per heavy atom. The summed E-state index contributed by atoms with van der Waals surface area (Å²) >= 11 is 0. The Hall–Kier alpha value is -3.41. The Balaban J connectivity index is 1.80. The van der Waals surface area contributed by atoms with E-state index >= 15 is 0 Å². The number of carboxylic acids is 1. The van der Waals surface area contributed by atoms with Crippen LogP contribution in [0.5, 0.6) is 0 Å². The Morgan fingerprint density at radius 2 is 1.77 bits per heavy atom. The van der Waals surface area contributed by atoms with Crippen molar-refractivity contribution in [3.05, 3.63) is 71.4 Å². The first kappa shape index (κ1) is 17.4. The van der Waals surface area contributed by atoms with Crippen molar-refractivity contribution in [1.82, 2.24) is 9.97 Å². The molecular weight excluding hydrogens is 328 g/mol. The Bertz CT molecular complexity index is 923. The van der Waals surface area contributed by atoms with Crippen molar-refractivity contribution in [3.8, 4) is 0 Å². The fraction of sp³-hybridized carbons (Fsp3) is 0.150. The van der Waals surface area contributed by atoms with Gasteiger partial charge in [-0.3, -0.25) is 0 Å². The summed E-state index contributed by atoms with van der Waals surface area (Å²) in [7, 11) is 0. The van der Waals surface area contributed by atoms with E-state index < -0.39 is 5.97 Å². The second-order valence-corrected chi connectivity index (χ2v) is 5.90. The fourth-order valence-electron chi connectivity index (χ4n) is 2.52. The molecule has 6 nitrogen and oxygen atoms in total. The molecule has 3 aromatic rings. The summed E-state index contributed by atoms with van der Waals surface area (Å²) in [6.07, 6.45) is 0.991. The molecule has 0 bridgehead atoms. The highest BCUT2D eigenvalue weighted by atomic mass is 16.4. The summed E-state index contributed by atoms with van der Waals surface area (Å²) in [5, 5.41) is 15.4. The van der Waals surface area contributed by atoms with E-state index in [0.29, 0.717) is 17.5 Å². The van der Waals surface area contributed by atoms with Crippen LogP contribution in [0.25, 0.3) is 0 Å². The number of hydrogen-bond acceptors (Lipinski definition) is 5. The minimum Gasteiger partial charge on any atom is -0.478 e. The van der Waals surface area contributed by atoms with Crippen LogP contribution in [0, 0.1) is 6.92 Å². The summed E-state index contributed by atoms with van der Waals surface area (Å²) in [5.41, 5.74) is 3.84. The number of nitrogens with one attached hydrogen (secondary N) is 2. The van der Waals surface area contributed by atoms with Crippen molar-refractivity contribution >= 4 is 29.1 Å². The third-order valence-electron chi connectivity index (χ3n) is 3.85. The van der Waals surface area contributed by atoms with Crippen LogP contribution in [0.1, 0.15) is 28.5 Å². The molecule has 1 aromatic heterocycles. The predicted molar refractivity (Wildman–Crippen MR) is 103 cm³/mol. The highest BCUT2D eigenvalue weighted by Gasteiger charge is 2.06. The zero-order valence-electron chi connectivity index (χ0n) is 14.7. The third-order valence-corrected chi connectivity index (χ3v) is 3.85. The van der Waals surface area contributed by atoms with E-state index in [1.165, 1.54) is 5.56 Å². The number of benzene rings is 2. The Morgan fingerprint density at radius 3 is 2.46 bits per heavy atom. The van der Waals surface area contributed by atoms with Crippen LogP contribution in [-0.2, 0) is 6.42 Å². The number of carbonyl (C=O) groups is 1. The van der Waals surface area contributed by atoms with Crippen molar-refractivity contribution in [2.75, 3.05) is 10.6 Å². The lowest BCUT2D eigenvalue weighted by Crippen LogP contribution is -2.03. The second kappa shape index (κ2) is 7.65. The number of nitrogens with zero attached hydrogens (tertiary/aromatic N) is 2. The van der Waals surface area contributed by atoms with Gasteiger partial charge in [-0.1, -0.05) is 25.1 Å². The second-order valence-electron chi connectivity index (χ2n) is 5.90. The van der Waals surface area contributed by atoms with E-state index in [9.17, 15) is 4.79 Å². The van der Waals surface area contributed by atoms with Crippen LogP contribution in [-0.4, -0.2) is 21.0 Å². The van der Waals surface area contributed by atoms with E-state index in [4.69, 9.17) is 5.11 Å². The zero-order chi connectivity index (χ0) is 18.5. The molecule has 3 rings (SSSR count). The van der Waals surface area contributed by atoms with Gasteiger partial charge in [-0.15, -0.1) is 0 Å². The standard InChI is InChI=1S/C20H20N4O2/c1-3-14-7-9-16(10-8-14)23-20-21-13(2)11-18(24-20)22-17-6-4-5-15(12-17)19(25)26/h4-12H,3H2,1-2H3,(H,25,26)(H2,21,22,23,24). The maximum Gasteiger partial charge on any atom is 0.335 e. The topological polar surface area (TPSA) is 87.1 Å². The first-order chi connectivity index (χ1) is 12.5. The Kier molecular flexibility index (Phi) is 5.12. The van der Waals surface area contributed by atoms with Crippen LogP contribution in [0.3, 0.4) is 0 Å². The van der Waals surface area contributed by atoms with Crippen molar-refractivity contribution in [1.29, 1.82) is 0 Å². The van der Waals surface area contributed by atoms with E-state index in [-0.39, 0.29) is 5.56 Å². The fourth-order valence-corrected chi connectivity index (χ4v) is 2.52. The molecule has 0 amide bonds. The molecule has 0 aliphatic carbocycles. The maximum absolute atomic E-state index is 11.1. The number of rotatable bonds is 6. The molecular formula is C20H20N4O2. The normalized spacial score (nSPS) is 10.4. The molecule has 0 saturated carbocycles. The first-order valence-electron chi connectivity index (χ1n) is 8.35. The third kappa shape index (κ3) is 4.36. The lowest BCUT2D eigenvalue weighted by Gasteiger charge is -2.11. The van der Waals surface area contributed by atoms with Gasteiger partial charge in [-0.05, 0) is 49.2 Å². The minimum absolute atomic E-state index is 0.218. The highest BCUT2D eigenvalue weighted by Crippen LogP contribution is 2.20. The molecule has 26 heavy (non-hydrogen) atoms. The molecule has 0 radical (unpaired) electrons. The number of carboxylic acid groups (broad SMARTS) is 1. The van der Waals surface area contributed by atoms with Gasteiger partial charge < -0.3 is 15.7 Å². The molecule has 1 heterocycles. The quantitative estimate of drug-likeness (QED) is 0.606. The maximum atomic E-state index is 11.1. The zero-order valence-corrected chi connectivity index (χ0v) is 14.7. The van der Waals surface area contributed by atoms with E-state index in [1.807, 2.05) is 19.1 Å². The van der Waals surface area contributed by atoms with Gasteiger partial charge in [0.1, 0.15) is 5.82 Å². The van der Waals surface area contributed by atoms with Gasteiger partial charge in [0.05, 0.1) is 5.56 Å². The summed E-state index contributed by atoms with van der Waals surface area (Å²) in [6, 6.07) is 16.5. The van der Waals surface area contributed by atoms with Crippen molar-refractivity contribution in [2.24, 2.45) is 0 Å². The monoisotopic (exact) mass is 348 g/mol. The summed E-state index contributed by atoms with van der Waals surface area (Å²) in [5.74, 6) is 0.101. The molecule has 2 aromatic carbocycles. The van der Waals surface area contributed by atoms with Gasteiger partial charge in [-0.2, -0.15) is 4.98 Å². The molecule has 0 saturated heterocycles. The average molecular weight is 348 g/mol. The molecule has 0 atom stereocenters. The van der Waals surface area contributed by atoms with Gasteiger partial charge in [0, 0.05) is 23.1 Å². The average Bonchev–Trinajstić information content (AvgIpc) is 2.62. The number of aryl methyl sites for hydroxylation is 2. The van der Waals surface area contributed by atoms with Gasteiger partial charge >= 0.3 is 5.97 Å². The van der Waals surface area contributed by atoms with E-state index in [0.717, 1.165) is 17.8 Å². The molecule has 0 spiro atoms. The number of anilines is 4. The van der Waals surface area contributed by atoms with Gasteiger partial charge in [-0.25, -0.2) is 9.78 Å². The van der Waals surface area contributed by atoms with Gasteiger partial charge in [0.15, 0.2) is 0 Å². The molecule has 0 aliphatic rings. The Labute approximate surface area is 152 Å². The first-order valence-corrected chi connectivity index (χ1v) is 8.35. The summed E-state index contributed by atoms with van der Waals surface area (Å²) in [4.78, 5) is 20.0. The molecule has 132 valence electrons. The molecule has 0 unspecified atom stereocenters. The van der Waals surface area contributed by atoms with Crippen LogP contribution in [0.15, 0.2) is 54.6 Å². The van der Waals surface area contributed by atoms with Crippen molar-refractivity contribution in [3.63, 3.8) is 0 Å². The molecule has 3 N–H and O–H groups in total. The lowest BCUT2D eigenvalue weighted by atomic mass is 10.1. The van der Waals surface area contributed by atoms with Crippen LogP contribution in [0.4, 0.5) is 23.1 Å². The van der Waals surface area contributed by atoms with E-state index in [1.54, 1.807) is 30.3 Å². The largest absolute Gasteiger partial charge is 0.478 e. The minimum atomic E-state index is -0.967. The molecule has 6 heteroatoms.